The first-order valence-electron chi connectivity index (χ1n) is 6.97. The minimum absolute atomic E-state index is 0.0143. The minimum atomic E-state index is -0.0143. The average molecular weight is 341 g/mol. The summed E-state index contributed by atoms with van der Waals surface area (Å²) in [7, 11) is 2.02. The van der Waals surface area contributed by atoms with Crippen molar-refractivity contribution >= 4 is 27.7 Å². The van der Waals surface area contributed by atoms with Gasteiger partial charge in [-0.15, -0.1) is 0 Å². The van der Waals surface area contributed by atoms with Crippen LogP contribution in [0.25, 0.3) is 0 Å². The summed E-state index contributed by atoms with van der Waals surface area (Å²) in [5.41, 5.74) is 0. The number of carbonyl (C=O) groups excluding carboxylic acids is 1. The highest BCUT2D eigenvalue weighted by atomic mass is 79.9. The average Bonchev–Trinajstić information content (AvgIpc) is 2.70. The first-order valence-corrected chi connectivity index (χ1v) is 7.77. The lowest BCUT2D eigenvalue weighted by Crippen LogP contribution is -2.38. The fraction of sp³-hybridized carbons (Fsp3) is 0.571. The van der Waals surface area contributed by atoms with Gasteiger partial charge in [-0.3, -0.25) is 9.69 Å². The summed E-state index contributed by atoms with van der Waals surface area (Å²) < 4.78 is 0.901. The molecule has 1 fully saturated rings. The van der Waals surface area contributed by atoms with E-state index < -0.39 is 0 Å². The van der Waals surface area contributed by atoms with E-state index in [-0.39, 0.29) is 5.91 Å². The van der Waals surface area contributed by atoms with E-state index in [9.17, 15) is 4.79 Å². The molecule has 1 aromatic heterocycles. The van der Waals surface area contributed by atoms with Crippen molar-refractivity contribution in [3.8, 4) is 0 Å². The first kappa shape index (κ1) is 15.4. The van der Waals surface area contributed by atoms with Crippen LogP contribution in [0.1, 0.15) is 19.3 Å². The number of rotatable bonds is 4. The van der Waals surface area contributed by atoms with Gasteiger partial charge in [0.05, 0.1) is 6.54 Å². The second-order valence-electron chi connectivity index (χ2n) is 5.16. The molecule has 1 aromatic rings. The van der Waals surface area contributed by atoms with E-state index in [1.54, 1.807) is 12.3 Å². The van der Waals surface area contributed by atoms with Gasteiger partial charge in [0, 0.05) is 16.7 Å². The highest BCUT2D eigenvalue weighted by molar-refractivity contribution is 9.10. The quantitative estimate of drug-likeness (QED) is 0.878. The van der Waals surface area contributed by atoms with Gasteiger partial charge in [-0.2, -0.15) is 0 Å². The van der Waals surface area contributed by atoms with Crippen LogP contribution >= 0.6 is 15.9 Å². The van der Waals surface area contributed by atoms with Gasteiger partial charge in [-0.25, -0.2) is 4.98 Å². The third-order valence-corrected chi connectivity index (χ3v) is 4.03. The molecular weight excluding hydrogens is 320 g/mol. The zero-order valence-corrected chi connectivity index (χ0v) is 13.3. The van der Waals surface area contributed by atoms with Gasteiger partial charge >= 0.3 is 0 Å². The lowest BCUT2D eigenvalue weighted by molar-refractivity contribution is -0.117. The number of aromatic nitrogens is 1. The van der Waals surface area contributed by atoms with Crippen molar-refractivity contribution in [2.75, 3.05) is 32.0 Å². The van der Waals surface area contributed by atoms with Crippen LogP contribution in [-0.4, -0.2) is 48.5 Å². The number of likely N-dealkylation sites (N-methyl/N-ethyl adjacent to an activating group) is 1. The Morgan fingerprint density at radius 3 is 3.10 bits per heavy atom. The Morgan fingerprint density at radius 2 is 2.35 bits per heavy atom. The maximum atomic E-state index is 12.0. The minimum Gasteiger partial charge on any atom is -0.317 e. The third-order valence-electron chi connectivity index (χ3n) is 3.56. The Labute approximate surface area is 128 Å². The molecule has 0 bridgehead atoms. The Kier molecular flexibility index (Phi) is 5.94. The molecule has 1 atom stereocenters. The highest BCUT2D eigenvalue weighted by Gasteiger charge is 2.18. The molecular formula is C14H21BrN4O. The van der Waals surface area contributed by atoms with Crippen LogP contribution in [0.3, 0.4) is 0 Å². The molecule has 20 heavy (non-hydrogen) atoms. The van der Waals surface area contributed by atoms with E-state index in [0.717, 1.165) is 30.4 Å². The maximum absolute atomic E-state index is 12.0. The molecule has 0 aromatic carbocycles. The van der Waals surface area contributed by atoms with Crippen molar-refractivity contribution in [1.82, 2.24) is 15.2 Å². The fourth-order valence-corrected chi connectivity index (χ4v) is 2.66. The summed E-state index contributed by atoms with van der Waals surface area (Å²) in [4.78, 5) is 18.3. The summed E-state index contributed by atoms with van der Waals surface area (Å²) in [5, 5.41) is 6.22. The van der Waals surface area contributed by atoms with Crippen LogP contribution in [0.4, 0.5) is 5.82 Å². The van der Waals surface area contributed by atoms with E-state index in [0.29, 0.717) is 18.4 Å². The normalized spacial score (nSPS) is 19.6. The molecule has 0 spiro atoms. The maximum Gasteiger partial charge on any atom is 0.239 e. The van der Waals surface area contributed by atoms with E-state index >= 15 is 0 Å². The first-order chi connectivity index (χ1) is 9.65. The number of carbonyl (C=O) groups is 1. The summed E-state index contributed by atoms with van der Waals surface area (Å²) in [6.45, 7) is 2.52. The second-order valence-corrected chi connectivity index (χ2v) is 6.08. The van der Waals surface area contributed by atoms with Gasteiger partial charge in [-0.05, 0) is 67.5 Å². The topological polar surface area (TPSA) is 57.3 Å². The molecule has 2 heterocycles. The largest absolute Gasteiger partial charge is 0.317 e. The van der Waals surface area contributed by atoms with Gasteiger partial charge < -0.3 is 10.6 Å². The smallest absolute Gasteiger partial charge is 0.239 e. The summed E-state index contributed by atoms with van der Waals surface area (Å²) >= 11 is 3.32. The summed E-state index contributed by atoms with van der Waals surface area (Å²) in [6.07, 6.45) is 5.09. The molecule has 1 amide bonds. The van der Waals surface area contributed by atoms with Gasteiger partial charge in [0.1, 0.15) is 5.82 Å². The molecule has 5 nitrogen and oxygen atoms in total. The van der Waals surface area contributed by atoms with Crippen LogP contribution in [-0.2, 0) is 4.79 Å². The fourth-order valence-electron chi connectivity index (χ4n) is 2.43. The van der Waals surface area contributed by atoms with Crippen LogP contribution < -0.4 is 10.6 Å². The van der Waals surface area contributed by atoms with Gasteiger partial charge in [0.25, 0.3) is 0 Å². The zero-order chi connectivity index (χ0) is 14.4. The third kappa shape index (κ3) is 4.85. The molecule has 1 unspecified atom stereocenters. The predicted molar refractivity (Wildman–Crippen MR) is 83.7 cm³/mol. The molecule has 2 N–H and O–H groups in total. The molecule has 2 rings (SSSR count). The number of nitrogens with one attached hydrogen (secondary N) is 2. The van der Waals surface area contributed by atoms with Crippen LogP contribution in [0, 0.1) is 0 Å². The zero-order valence-electron chi connectivity index (χ0n) is 11.7. The number of hydrogen-bond donors (Lipinski definition) is 2. The van der Waals surface area contributed by atoms with Crippen molar-refractivity contribution in [2.45, 2.75) is 25.3 Å². The van der Waals surface area contributed by atoms with Gasteiger partial charge in [0.15, 0.2) is 0 Å². The summed E-state index contributed by atoms with van der Waals surface area (Å²) in [5.74, 6) is 0.577. The number of amides is 1. The summed E-state index contributed by atoms with van der Waals surface area (Å²) in [6, 6.07) is 4.13. The SMILES string of the molecule is CN(CC(=O)Nc1ccc(Br)cn1)C1CCCNCC1. The Morgan fingerprint density at radius 1 is 1.50 bits per heavy atom. The van der Waals surface area contributed by atoms with Crippen molar-refractivity contribution in [2.24, 2.45) is 0 Å². The van der Waals surface area contributed by atoms with Crippen molar-refractivity contribution in [1.29, 1.82) is 0 Å². The number of hydrogen-bond acceptors (Lipinski definition) is 4. The molecule has 0 saturated carbocycles. The standard InChI is InChI=1S/C14H21BrN4O/c1-19(12-3-2-7-16-8-6-12)10-14(20)18-13-5-4-11(15)9-17-13/h4-5,9,12,16H,2-3,6-8,10H2,1H3,(H,17,18,20). The Balaban J connectivity index is 1.82. The van der Waals surface area contributed by atoms with Crippen molar-refractivity contribution in [3.63, 3.8) is 0 Å². The van der Waals surface area contributed by atoms with E-state index in [1.807, 2.05) is 13.1 Å². The van der Waals surface area contributed by atoms with Crippen LogP contribution in [0.2, 0.25) is 0 Å². The molecule has 1 aliphatic rings. The lowest BCUT2D eigenvalue weighted by Gasteiger charge is -2.26. The molecule has 6 heteroatoms. The van der Waals surface area contributed by atoms with E-state index in [2.05, 4.69) is 36.4 Å². The Bertz CT molecular complexity index is 429. The molecule has 110 valence electrons. The second kappa shape index (κ2) is 7.71. The van der Waals surface area contributed by atoms with E-state index in [1.165, 1.54) is 6.42 Å². The molecule has 0 radical (unpaired) electrons. The van der Waals surface area contributed by atoms with E-state index in [4.69, 9.17) is 0 Å². The number of nitrogens with zero attached hydrogens (tertiary/aromatic N) is 2. The number of pyridine rings is 1. The Hall–Kier alpha value is -0.980. The number of anilines is 1. The molecule has 1 aliphatic heterocycles. The highest BCUT2D eigenvalue weighted by Crippen LogP contribution is 2.13. The predicted octanol–water partition coefficient (Wildman–Crippen LogP) is 1.86. The molecule has 0 aliphatic carbocycles. The van der Waals surface area contributed by atoms with Gasteiger partial charge in [-0.1, -0.05) is 0 Å². The van der Waals surface area contributed by atoms with Crippen LogP contribution in [0.5, 0.6) is 0 Å². The van der Waals surface area contributed by atoms with Gasteiger partial charge in [0.2, 0.25) is 5.91 Å². The van der Waals surface area contributed by atoms with Crippen molar-refractivity contribution in [3.05, 3.63) is 22.8 Å². The lowest BCUT2D eigenvalue weighted by atomic mass is 10.1. The van der Waals surface area contributed by atoms with Crippen LogP contribution in [0.15, 0.2) is 22.8 Å². The number of halogens is 1. The molecule has 1 saturated heterocycles. The van der Waals surface area contributed by atoms with Crippen molar-refractivity contribution < 1.29 is 4.79 Å². The monoisotopic (exact) mass is 340 g/mol.